The summed E-state index contributed by atoms with van der Waals surface area (Å²) in [6.45, 7) is 5.56. The molecular weight excluding hydrogens is 450 g/mol. The fraction of sp³-hybridized carbons (Fsp3) is 0.217. The lowest BCUT2D eigenvalue weighted by molar-refractivity contribution is -0.120. The minimum atomic E-state index is -4.26. The highest BCUT2D eigenvalue weighted by molar-refractivity contribution is 7.93. The predicted molar refractivity (Wildman–Crippen MR) is 125 cm³/mol. The summed E-state index contributed by atoms with van der Waals surface area (Å²) in [5.74, 6) is -0.646. The van der Waals surface area contributed by atoms with Crippen LogP contribution in [0.4, 0.5) is 5.69 Å². The first-order chi connectivity index (χ1) is 15.2. The lowest BCUT2D eigenvalue weighted by Gasteiger charge is -2.25. The van der Waals surface area contributed by atoms with Gasteiger partial charge in [-0.05, 0) is 37.3 Å². The van der Waals surface area contributed by atoms with Crippen molar-refractivity contribution in [1.29, 1.82) is 0 Å². The Labute approximate surface area is 188 Å². The number of hydrogen-bond acceptors (Lipinski definition) is 7. The van der Waals surface area contributed by atoms with Gasteiger partial charge in [0.15, 0.2) is 5.58 Å². The van der Waals surface area contributed by atoms with Gasteiger partial charge in [0.2, 0.25) is 5.91 Å². The van der Waals surface area contributed by atoms with E-state index in [9.17, 15) is 18.0 Å². The largest absolute Gasteiger partial charge is 0.494 e. The number of carbonyl (C=O) groups is 1. The van der Waals surface area contributed by atoms with Gasteiger partial charge in [-0.25, -0.2) is 17.5 Å². The molecule has 1 heterocycles. The van der Waals surface area contributed by atoms with Crippen molar-refractivity contribution in [2.75, 3.05) is 10.9 Å². The summed E-state index contributed by atoms with van der Waals surface area (Å²) in [7, 11) is -4.26. The number of nitrogens with zero attached hydrogens (tertiary/aromatic N) is 1. The maximum atomic E-state index is 13.7. The van der Waals surface area contributed by atoms with Crippen molar-refractivity contribution >= 4 is 54.0 Å². The Hall–Kier alpha value is -3.17. The predicted octanol–water partition coefficient (Wildman–Crippen LogP) is 4.78. The average Bonchev–Trinajstić information content (AvgIpc) is 3.14. The Morgan fingerprint density at radius 1 is 1.09 bits per heavy atom. The van der Waals surface area contributed by atoms with Crippen molar-refractivity contribution in [2.24, 2.45) is 5.92 Å². The molecule has 0 unspecified atom stereocenters. The van der Waals surface area contributed by atoms with E-state index in [1.165, 1.54) is 18.2 Å². The molecule has 1 amide bonds. The van der Waals surface area contributed by atoms with Crippen LogP contribution in [-0.2, 0) is 14.8 Å². The van der Waals surface area contributed by atoms with Crippen LogP contribution < -0.4 is 14.0 Å². The number of fused-ring (bicyclic) bond motifs is 3. The second kappa shape index (κ2) is 8.40. The highest BCUT2D eigenvalue weighted by Crippen LogP contribution is 2.38. The van der Waals surface area contributed by atoms with E-state index in [4.69, 9.17) is 9.15 Å². The van der Waals surface area contributed by atoms with Crippen molar-refractivity contribution in [3.63, 3.8) is 0 Å². The van der Waals surface area contributed by atoms with E-state index in [-0.39, 0.29) is 10.6 Å². The molecule has 0 aliphatic heterocycles. The number of hydrogen-bond donors (Lipinski definition) is 0. The molecule has 32 heavy (non-hydrogen) atoms. The van der Waals surface area contributed by atoms with E-state index in [2.05, 4.69) is 0 Å². The molecule has 0 aliphatic carbocycles. The third-order valence-corrected chi connectivity index (χ3v) is 7.40. The zero-order valence-electron chi connectivity index (χ0n) is 17.7. The SMILES string of the molecule is CCOc1ccc(S(=O)(=O)N(C(=O)C(C)C)c2cc3sc(=O)oc3c3ccccc23)cc1. The third kappa shape index (κ3) is 3.78. The summed E-state index contributed by atoms with van der Waals surface area (Å²) in [5, 5.41) is 1.05. The summed E-state index contributed by atoms with van der Waals surface area (Å²) in [5.41, 5.74) is 0.549. The fourth-order valence-electron chi connectivity index (χ4n) is 3.43. The first-order valence-corrected chi connectivity index (χ1v) is 12.3. The molecule has 0 bridgehead atoms. The molecule has 0 saturated carbocycles. The number of anilines is 1. The molecule has 3 aromatic carbocycles. The van der Waals surface area contributed by atoms with Crippen molar-refractivity contribution < 1.29 is 22.4 Å². The van der Waals surface area contributed by atoms with Crippen LogP contribution in [0, 0.1) is 5.92 Å². The van der Waals surface area contributed by atoms with Crippen LogP contribution in [0.25, 0.3) is 21.1 Å². The third-order valence-electron chi connectivity index (χ3n) is 4.90. The summed E-state index contributed by atoms with van der Waals surface area (Å²) < 4.78 is 39.5. The van der Waals surface area contributed by atoms with Gasteiger partial charge in [-0.1, -0.05) is 49.4 Å². The van der Waals surface area contributed by atoms with Gasteiger partial charge in [-0.15, -0.1) is 0 Å². The summed E-state index contributed by atoms with van der Waals surface area (Å²) in [4.78, 5) is 24.6. The van der Waals surface area contributed by atoms with E-state index in [0.29, 0.717) is 33.4 Å². The second-order valence-corrected chi connectivity index (χ2v) is 10.2. The molecular formula is C23H21NO6S2. The molecule has 0 radical (unpaired) electrons. The van der Waals surface area contributed by atoms with Gasteiger partial charge < -0.3 is 9.15 Å². The fourth-order valence-corrected chi connectivity index (χ4v) is 5.70. The van der Waals surface area contributed by atoms with Crippen molar-refractivity contribution in [3.05, 3.63) is 64.3 Å². The Bertz CT molecular complexity index is 1470. The molecule has 166 valence electrons. The van der Waals surface area contributed by atoms with Gasteiger partial charge in [0, 0.05) is 16.7 Å². The van der Waals surface area contributed by atoms with Gasteiger partial charge in [0.05, 0.1) is 21.9 Å². The topological polar surface area (TPSA) is 93.9 Å². The minimum absolute atomic E-state index is 0.0421. The zero-order valence-corrected chi connectivity index (χ0v) is 19.3. The van der Waals surface area contributed by atoms with Gasteiger partial charge in [-0.2, -0.15) is 0 Å². The number of benzene rings is 3. The smallest absolute Gasteiger partial charge is 0.396 e. The average molecular weight is 472 g/mol. The Morgan fingerprint density at radius 3 is 2.38 bits per heavy atom. The van der Waals surface area contributed by atoms with Crippen molar-refractivity contribution in [1.82, 2.24) is 0 Å². The monoisotopic (exact) mass is 471 g/mol. The molecule has 0 atom stereocenters. The Balaban J connectivity index is 1.99. The number of sulfonamides is 1. The van der Waals surface area contributed by atoms with Crippen LogP contribution in [0.3, 0.4) is 0 Å². The lowest BCUT2D eigenvalue weighted by Crippen LogP contribution is -2.39. The molecule has 7 nitrogen and oxygen atoms in total. The van der Waals surface area contributed by atoms with E-state index >= 15 is 0 Å². The van der Waals surface area contributed by atoms with Crippen LogP contribution in [0.5, 0.6) is 5.75 Å². The number of amides is 1. The molecule has 0 saturated heterocycles. The van der Waals surface area contributed by atoms with Crippen LogP contribution in [-0.4, -0.2) is 20.9 Å². The number of carbonyl (C=O) groups excluding carboxylic acids is 1. The molecule has 0 spiro atoms. The molecule has 9 heteroatoms. The molecule has 0 N–H and O–H groups in total. The highest BCUT2D eigenvalue weighted by atomic mass is 32.2. The van der Waals surface area contributed by atoms with Crippen LogP contribution in [0.15, 0.2) is 68.7 Å². The minimum Gasteiger partial charge on any atom is -0.494 e. The first-order valence-electron chi connectivity index (χ1n) is 10.0. The van der Waals surface area contributed by atoms with Crippen molar-refractivity contribution in [3.8, 4) is 5.75 Å². The van der Waals surface area contributed by atoms with E-state index < -0.39 is 26.8 Å². The van der Waals surface area contributed by atoms with Crippen molar-refractivity contribution in [2.45, 2.75) is 25.7 Å². The molecule has 0 fully saturated rings. The highest BCUT2D eigenvalue weighted by Gasteiger charge is 2.34. The van der Waals surface area contributed by atoms with E-state index in [1.54, 1.807) is 50.2 Å². The van der Waals surface area contributed by atoms with Crippen LogP contribution in [0.2, 0.25) is 0 Å². The van der Waals surface area contributed by atoms with Gasteiger partial charge in [0.25, 0.3) is 10.0 Å². The quantitative estimate of drug-likeness (QED) is 0.402. The molecule has 4 rings (SSSR count). The Morgan fingerprint density at radius 2 is 1.75 bits per heavy atom. The first kappa shape index (κ1) is 22.0. The van der Waals surface area contributed by atoms with Crippen LogP contribution >= 0.6 is 11.3 Å². The summed E-state index contributed by atoms with van der Waals surface area (Å²) in [6.07, 6.45) is 0. The van der Waals surface area contributed by atoms with Crippen LogP contribution in [0.1, 0.15) is 20.8 Å². The standard InChI is InChI=1S/C23H21NO6S2/c1-4-29-15-9-11-16(12-10-15)32(27,28)24(22(25)14(2)3)19-13-20-21(30-23(26)31-20)18-8-6-5-7-17(18)19/h5-14H,4H2,1-3H3. The maximum absolute atomic E-state index is 13.7. The van der Waals surface area contributed by atoms with Gasteiger partial charge in [0.1, 0.15) is 5.75 Å². The van der Waals surface area contributed by atoms with E-state index in [1.807, 2.05) is 6.92 Å². The zero-order chi connectivity index (χ0) is 23.0. The molecule has 1 aromatic heterocycles. The summed E-state index contributed by atoms with van der Waals surface area (Å²) >= 11 is 0.861. The van der Waals surface area contributed by atoms with Gasteiger partial charge in [-0.3, -0.25) is 4.79 Å². The van der Waals surface area contributed by atoms with E-state index in [0.717, 1.165) is 15.6 Å². The normalized spacial score (nSPS) is 11.9. The Kier molecular flexibility index (Phi) is 5.79. The molecule has 4 aromatic rings. The number of ether oxygens (including phenoxy) is 1. The lowest BCUT2D eigenvalue weighted by atomic mass is 10.1. The summed E-state index contributed by atoms with van der Waals surface area (Å²) in [6, 6.07) is 14.4. The molecule has 0 aliphatic rings. The number of rotatable bonds is 6. The van der Waals surface area contributed by atoms with Gasteiger partial charge >= 0.3 is 4.94 Å². The maximum Gasteiger partial charge on any atom is 0.396 e. The second-order valence-electron chi connectivity index (χ2n) is 7.39.